The maximum absolute atomic E-state index is 5.91. The van der Waals surface area contributed by atoms with Crippen LogP contribution < -0.4 is 5.32 Å². The SMILES string of the molecule is CCCNC1CC(OCc2ccc(Cl)cc2)C1OC. The number of hydrogen-bond donors (Lipinski definition) is 1. The van der Waals surface area contributed by atoms with E-state index in [1.807, 2.05) is 24.3 Å². The number of ether oxygens (including phenoxy) is 2. The molecule has 0 aliphatic heterocycles. The number of nitrogens with one attached hydrogen (secondary N) is 1. The maximum atomic E-state index is 5.91. The van der Waals surface area contributed by atoms with Gasteiger partial charge in [0.15, 0.2) is 0 Å². The summed E-state index contributed by atoms with van der Waals surface area (Å²) in [5, 5.41) is 4.24. The van der Waals surface area contributed by atoms with Crippen molar-refractivity contribution in [2.24, 2.45) is 0 Å². The normalized spacial score (nSPS) is 26.2. The lowest BCUT2D eigenvalue weighted by Crippen LogP contribution is -2.59. The summed E-state index contributed by atoms with van der Waals surface area (Å²) in [5.41, 5.74) is 1.14. The molecule has 1 aliphatic carbocycles. The standard InChI is InChI=1S/C15H22ClNO2/c1-3-8-17-13-9-14(15(13)18-2)19-10-11-4-6-12(16)7-5-11/h4-7,13-15,17H,3,8-10H2,1-2H3. The molecule has 3 nitrogen and oxygen atoms in total. The highest BCUT2D eigenvalue weighted by Crippen LogP contribution is 2.28. The molecule has 1 aromatic rings. The van der Waals surface area contributed by atoms with E-state index in [4.69, 9.17) is 21.1 Å². The lowest BCUT2D eigenvalue weighted by atomic mass is 9.85. The molecule has 1 fully saturated rings. The van der Waals surface area contributed by atoms with Crippen LogP contribution in [-0.4, -0.2) is 31.9 Å². The fourth-order valence-electron chi connectivity index (χ4n) is 2.37. The molecule has 0 heterocycles. The first kappa shape index (κ1) is 14.8. The van der Waals surface area contributed by atoms with Gasteiger partial charge in [0.1, 0.15) is 0 Å². The molecule has 3 atom stereocenters. The highest BCUT2D eigenvalue weighted by atomic mass is 35.5. The Morgan fingerprint density at radius 3 is 2.68 bits per heavy atom. The zero-order chi connectivity index (χ0) is 13.7. The quantitative estimate of drug-likeness (QED) is 0.834. The van der Waals surface area contributed by atoms with Crippen LogP contribution >= 0.6 is 11.6 Å². The zero-order valence-corrected chi connectivity index (χ0v) is 12.3. The molecule has 1 aliphatic rings. The number of hydrogen-bond acceptors (Lipinski definition) is 3. The van der Waals surface area contributed by atoms with E-state index in [9.17, 15) is 0 Å². The lowest BCUT2D eigenvalue weighted by molar-refractivity contribution is -0.139. The second-order valence-electron chi connectivity index (χ2n) is 4.97. The van der Waals surface area contributed by atoms with Gasteiger partial charge in [-0.1, -0.05) is 30.7 Å². The molecule has 0 radical (unpaired) electrons. The van der Waals surface area contributed by atoms with Crippen LogP contribution in [0.3, 0.4) is 0 Å². The zero-order valence-electron chi connectivity index (χ0n) is 11.6. The fourth-order valence-corrected chi connectivity index (χ4v) is 2.50. The third kappa shape index (κ3) is 3.93. The molecular weight excluding hydrogens is 262 g/mol. The van der Waals surface area contributed by atoms with Gasteiger partial charge < -0.3 is 14.8 Å². The van der Waals surface area contributed by atoms with Crippen molar-refractivity contribution in [3.8, 4) is 0 Å². The Balaban J connectivity index is 1.76. The van der Waals surface area contributed by atoms with E-state index in [1.165, 1.54) is 0 Å². The van der Waals surface area contributed by atoms with Crippen LogP contribution in [0.1, 0.15) is 25.3 Å². The summed E-state index contributed by atoms with van der Waals surface area (Å²) in [6, 6.07) is 8.20. The minimum atomic E-state index is 0.166. The van der Waals surface area contributed by atoms with Crippen molar-refractivity contribution in [2.45, 2.75) is 44.6 Å². The van der Waals surface area contributed by atoms with E-state index in [-0.39, 0.29) is 12.2 Å². The van der Waals surface area contributed by atoms with Crippen molar-refractivity contribution in [3.63, 3.8) is 0 Å². The Labute approximate surface area is 120 Å². The van der Waals surface area contributed by atoms with E-state index < -0.39 is 0 Å². The highest BCUT2D eigenvalue weighted by molar-refractivity contribution is 6.30. The Morgan fingerprint density at radius 1 is 1.32 bits per heavy atom. The van der Waals surface area contributed by atoms with Gasteiger partial charge in [0.2, 0.25) is 0 Å². The summed E-state index contributed by atoms with van der Waals surface area (Å²) in [4.78, 5) is 0. The van der Waals surface area contributed by atoms with Crippen LogP contribution in [-0.2, 0) is 16.1 Å². The molecule has 2 rings (SSSR count). The molecule has 1 saturated carbocycles. The number of rotatable bonds is 7. The Kier molecular flexibility index (Phi) is 5.64. The topological polar surface area (TPSA) is 30.5 Å². The predicted octanol–water partition coefficient (Wildman–Crippen LogP) is 3.01. The van der Waals surface area contributed by atoms with Crippen molar-refractivity contribution in [1.82, 2.24) is 5.32 Å². The molecule has 0 bridgehead atoms. The number of methoxy groups -OCH3 is 1. The first-order valence-electron chi connectivity index (χ1n) is 6.86. The van der Waals surface area contributed by atoms with Crippen LogP contribution in [0.5, 0.6) is 0 Å². The molecule has 19 heavy (non-hydrogen) atoms. The first-order valence-corrected chi connectivity index (χ1v) is 7.24. The van der Waals surface area contributed by atoms with Gasteiger partial charge in [-0.2, -0.15) is 0 Å². The fraction of sp³-hybridized carbons (Fsp3) is 0.600. The summed E-state index contributed by atoms with van der Waals surface area (Å²) in [6.07, 6.45) is 2.52. The van der Waals surface area contributed by atoms with Crippen LogP contribution in [0.4, 0.5) is 0 Å². The van der Waals surface area contributed by atoms with Crippen LogP contribution in [0.2, 0.25) is 5.02 Å². The van der Waals surface area contributed by atoms with E-state index in [0.717, 1.165) is 30.0 Å². The van der Waals surface area contributed by atoms with Gasteiger partial charge in [0.05, 0.1) is 18.8 Å². The van der Waals surface area contributed by atoms with E-state index in [0.29, 0.717) is 12.6 Å². The monoisotopic (exact) mass is 283 g/mol. The molecule has 0 spiro atoms. The molecule has 3 unspecified atom stereocenters. The van der Waals surface area contributed by atoms with Crippen LogP contribution in [0, 0.1) is 0 Å². The summed E-state index contributed by atoms with van der Waals surface area (Å²) < 4.78 is 11.4. The minimum Gasteiger partial charge on any atom is -0.377 e. The van der Waals surface area contributed by atoms with Gasteiger partial charge in [0, 0.05) is 18.2 Å². The first-order chi connectivity index (χ1) is 9.24. The molecule has 1 N–H and O–H groups in total. The van der Waals surface area contributed by atoms with Crippen molar-refractivity contribution >= 4 is 11.6 Å². The molecule has 0 aromatic heterocycles. The van der Waals surface area contributed by atoms with Gasteiger partial charge >= 0.3 is 0 Å². The summed E-state index contributed by atoms with van der Waals surface area (Å²) in [6.45, 7) is 3.82. The number of benzene rings is 1. The molecule has 4 heteroatoms. The van der Waals surface area contributed by atoms with E-state index in [2.05, 4.69) is 12.2 Å². The van der Waals surface area contributed by atoms with Crippen LogP contribution in [0.25, 0.3) is 0 Å². The maximum Gasteiger partial charge on any atom is 0.0987 e. The van der Waals surface area contributed by atoms with Gasteiger partial charge in [-0.05, 0) is 37.1 Å². The van der Waals surface area contributed by atoms with Crippen LogP contribution in [0.15, 0.2) is 24.3 Å². The molecule has 1 aromatic carbocycles. The Morgan fingerprint density at radius 2 is 2.05 bits per heavy atom. The molecular formula is C15H22ClNO2. The third-order valence-corrected chi connectivity index (χ3v) is 3.81. The Bertz CT molecular complexity index is 382. The number of halogens is 1. The molecule has 0 saturated heterocycles. The summed E-state index contributed by atoms with van der Waals surface area (Å²) in [5.74, 6) is 0. The van der Waals surface area contributed by atoms with Gasteiger partial charge in [-0.25, -0.2) is 0 Å². The van der Waals surface area contributed by atoms with Crippen molar-refractivity contribution in [3.05, 3.63) is 34.9 Å². The average molecular weight is 284 g/mol. The predicted molar refractivity (Wildman–Crippen MR) is 77.5 cm³/mol. The second-order valence-corrected chi connectivity index (χ2v) is 5.41. The molecule has 0 amide bonds. The average Bonchev–Trinajstić information content (AvgIpc) is 2.39. The third-order valence-electron chi connectivity index (χ3n) is 3.56. The highest BCUT2D eigenvalue weighted by Gasteiger charge is 2.41. The summed E-state index contributed by atoms with van der Waals surface area (Å²) in [7, 11) is 1.75. The largest absolute Gasteiger partial charge is 0.377 e. The van der Waals surface area contributed by atoms with Gasteiger partial charge in [0.25, 0.3) is 0 Å². The smallest absolute Gasteiger partial charge is 0.0987 e. The van der Waals surface area contributed by atoms with Crippen molar-refractivity contribution in [1.29, 1.82) is 0 Å². The minimum absolute atomic E-state index is 0.166. The molecule has 106 valence electrons. The summed E-state index contributed by atoms with van der Waals surface area (Å²) >= 11 is 5.86. The van der Waals surface area contributed by atoms with Gasteiger partial charge in [-0.15, -0.1) is 0 Å². The van der Waals surface area contributed by atoms with E-state index >= 15 is 0 Å². The Hall–Kier alpha value is -0.610. The lowest BCUT2D eigenvalue weighted by Gasteiger charge is -2.43. The van der Waals surface area contributed by atoms with Crippen molar-refractivity contribution < 1.29 is 9.47 Å². The van der Waals surface area contributed by atoms with E-state index in [1.54, 1.807) is 7.11 Å². The van der Waals surface area contributed by atoms with Crippen molar-refractivity contribution in [2.75, 3.05) is 13.7 Å². The van der Waals surface area contributed by atoms with Gasteiger partial charge in [-0.3, -0.25) is 0 Å². The second kappa shape index (κ2) is 7.25.